The number of carbonyl (C=O) groups is 3. The van der Waals surface area contributed by atoms with Crippen LogP contribution in [0.3, 0.4) is 0 Å². The number of nitrogens with one attached hydrogen (secondary N) is 5. The van der Waals surface area contributed by atoms with Gasteiger partial charge < -0.3 is 26.3 Å². The molecule has 5 N–H and O–H groups in total. The fourth-order valence-electron chi connectivity index (χ4n) is 6.66. The highest BCUT2D eigenvalue weighted by Crippen LogP contribution is 2.37. The highest BCUT2D eigenvalue weighted by molar-refractivity contribution is 7.80. The Kier molecular flexibility index (Phi) is 12.6. The smallest absolute Gasteiger partial charge is 0.246 e. The zero-order valence-corrected chi connectivity index (χ0v) is 31.3. The molecule has 2 unspecified atom stereocenters. The van der Waals surface area contributed by atoms with Gasteiger partial charge in [0, 0.05) is 42.9 Å². The van der Waals surface area contributed by atoms with Gasteiger partial charge in [0.1, 0.15) is 29.3 Å². The van der Waals surface area contributed by atoms with Crippen molar-refractivity contribution in [2.24, 2.45) is 11.8 Å². The lowest BCUT2D eigenvalue weighted by Crippen LogP contribution is -2.67. The summed E-state index contributed by atoms with van der Waals surface area (Å²) in [7, 11) is 0. The normalized spacial score (nSPS) is 17.7. The number of benzene rings is 2. The topological polar surface area (TPSA) is 128 Å². The Morgan fingerprint density at radius 2 is 1.65 bits per heavy atom. The second-order valence-corrected chi connectivity index (χ2v) is 14.6. The van der Waals surface area contributed by atoms with E-state index in [9.17, 15) is 23.2 Å². The summed E-state index contributed by atoms with van der Waals surface area (Å²) in [5, 5.41) is 12.9. The molecule has 5 atom stereocenters. The van der Waals surface area contributed by atoms with Crippen LogP contribution in [0.15, 0.2) is 60.9 Å². The van der Waals surface area contributed by atoms with E-state index in [1.54, 1.807) is 42.7 Å². The first-order valence-corrected chi connectivity index (χ1v) is 18.4. The maximum Gasteiger partial charge on any atom is 0.246 e. The standard InChI is InChI=1S/C39H45ClF2N6O3S/c1-5-22(3)33(36(49)44-21-24-12-15-43-16-13-24)47-38(51)39(14-11-31-28(20-39)27-18-26(41)19-29(40)35(27)45-31)48-37(50)34(23(4)6-2)46-32(52)17-25-9-7-8-10-30(25)42/h7-10,12-13,15-16,18-19,22-23,33-34,45H,5-6,11,14,17,20-21H2,1-4H3,(H,44,49)(H,46,52)(H,47,51)(H,48,50)/t22-,23?,33?,34-,39+/m0/s1. The van der Waals surface area contributed by atoms with E-state index in [0.717, 1.165) is 11.3 Å². The van der Waals surface area contributed by atoms with Crippen molar-refractivity contribution >= 4 is 57.4 Å². The number of halogens is 3. The molecule has 13 heteroatoms. The summed E-state index contributed by atoms with van der Waals surface area (Å²) in [4.78, 5) is 50.4. The van der Waals surface area contributed by atoms with Crippen molar-refractivity contribution in [3.8, 4) is 0 Å². The third kappa shape index (κ3) is 8.78. The van der Waals surface area contributed by atoms with Crippen molar-refractivity contribution in [3.05, 3.63) is 100.0 Å². The van der Waals surface area contributed by atoms with E-state index in [1.165, 1.54) is 18.2 Å². The average Bonchev–Trinajstić information content (AvgIpc) is 3.50. The minimum atomic E-state index is -1.53. The van der Waals surface area contributed by atoms with Crippen LogP contribution in [0, 0.1) is 23.5 Å². The molecule has 1 aliphatic carbocycles. The quantitative estimate of drug-likeness (QED) is 0.0969. The largest absolute Gasteiger partial charge is 0.368 e. The van der Waals surface area contributed by atoms with Gasteiger partial charge in [-0.15, -0.1) is 0 Å². The Balaban J connectivity index is 1.47. The summed E-state index contributed by atoms with van der Waals surface area (Å²) in [5.41, 5.74) is 1.70. The van der Waals surface area contributed by atoms with Crippen molar-refractivity contribution < 1.29 is 23.2 Å². The molecule has 0 spiro atoms. The molecule has 2 aromatic heterocycles. The van der Waals surface area contributed by atoms with Crippen LogP contribution in [0.1, 0.15) is 69.3 Å². The van der Waals surface area contributed by atoms with Gasteiger partial charge in [0.2, 0.25) is 17.7 Å². The molecule has 3 amide bonds. The van der Waals surface area contributed by atoms with Crippen LogP contribution in [-0.2, 0) is 40.2 Å². The number of pyridine rings is 1. The lowest BCUT2D eigenvalue weighted by molar-refractivity contribution is -0.138. The monoisotopic (exact) mass is 750 g/mol. The lowest BCUT2D eigenvalue weighted by Gasteiger charge is -2.40. The van der Waals surface area contributed by atoms with E-state index in [2.05, 4.69) is 31.2 Å². The number of carbonyl (C=O) groups excluding carboxylic acids is 3. The SMILES string of the molecule is CCC(C)[C@H](NC(=S)Cc1ccccc1F)C(=O)N[C@]1(C(=O)NC(C(=O)NCc2ccncc2)[C@@H](C)CC)CCc2[nH]c3c(Cl)cc(F)cc3c2C1. The molecule has 52 heavy (non-hydrogen) atoms. The number of thiocarbonyl (C=S) groups is 1. The number of hydrogen-bond acceptors (Lipinski definition) is 5. The first kappa shape index (κ1) is 38.8. The molecular formula is C39H45ClF2N6O3S. The number of hydrogen-bond donors (Lipinski definition) is 5. The Labute approximate surface area is 313 Å². The number of aryl methyl sites for hydroxylation is 1. The van der Waals surface area contributed by atoms with Gasteiger partial charge in [-0.3, -0.25) is 19.4 Å². The number of nitrogens with zero attached hydrogens (tertiary/aromatic N) is 1. The second kappa shape index (κ2) is 16.9. The van der Waals surface area contributed by atoms with E-state index in [0.29, 0.717) is 41.3 Å². The lowest BCUT2D eigenvalue weighted by atomic mass is 9.78. The molecule has 2 aromatic carbocycles. The third-order valence-electron chi connectivity index (χ3n) is 10.2. The van der Waals surface area contributed by atoms with Crippen molar-refractivity contribution in [3.63, 3.8) is 0 Å². The van der Waals surface area contributed by atoms with Gasteiger partial charge in [0.05, 0.1) is 15.5 Å². The number of H-pyrrole nitrogens is 1. The van der Waals surface area contributed by atoms with Crippen molar-refractivity contribution in [2.45, 2.75) is 90.4 Å². The average molecular weight is 751 g/mol. The van der Waals surface area contributed by atoms with Crippen LogP contribution in [0.2, 0.25) is 5.02 Å². The first-order chi connectivity index (χ1) is 24.8. The summed E-state index contributed by atoms with van der Waals surface area (Å²) < 4.78 is 29.2. The van der Waals surface area contributed by atoms with Gasteiger partial charge >= 0.3 is 0 Å². The van der Waals surface area contributed by atoms with Crippen LogP contribution in [0.25, 0.3) is 10.9 Å². The van der Waals surface area contributed by atoms with E-state index in [4.69, 9.17) is 23.8 Å². The molecule has 0 saturated carbocycles. The van der Waals surface area contributed by atoms with Crippen molar-refractivity contribution in [1.29, 1.82) is 0 Å². The van der Waals surface area contributed by atoms with E-state index < -0.39 is 41.1 Å². The molecule has 276 valence electrons. The van der Waals surface area contributed by atoms with Crippen molar-refractivity contribution in [1.82, 2.24) is 31.2 Å². The van der Waals surface area contributed by atoms with E-state index in [-0.39, 0.29) is 53.6 Å². The van der Waals surface area contributed by atoms with Gasteiger partial charge in [0.15, 0.2) is 0 Å². The molecule has 2 heterocycles. The second-order valence-electron chi connectivity index (χ2n) is 13.7. The van der Waals surface area contributed by atoms with Gasteiger partial charge in [-0.2, -0.15) is 0 Å². The number of aromatic amines is 1. The summed E-state index contributed by atoms with van der Waals surface area (Å²) in [6, 6.07) is 10.7. The highest BCUT2D eigenvalue weighted by atomic mass is 35.5. The van der Waals surface area contributed by atoms with Crippen LogP contribution in [-0.4, -0.2) is 50.3 Å². The molecule has 1 aliphatic rings. The molecule has 0 fully saturated rings. The number of amides is 3. The Morgan fingerprint density at radius 1 is 0.981 bits per heavy atom. The fourth-order valence-corrected chi connectivity index (χ4v) is 7.20. The number of rotatable bonds is 14. The van der Waals surface area contributed by atoms with Gasteiger partial charge in [-0.05, 0) is 71.7 Å². The number of aromatic nitrogens is 2. The minimum absolute atomic E-state index is 0.0123. The molecule has 0 aliphatic heterocycles. The highest BCUT2D eigenvalue weighted by Gasteiger charge is 2.47. The molecular weight excluding hydrogens is 706 g/mol. The zero-order valence-electron chi connectivity index (χ0n) is 29.7. The molecule has 4 aromatic rings. The Hall–Kier alpha value is -4.42. The van der Waals surface area contributed by atoms with E-state index >= 15 is 0 Å². The maximum absolute atomic E-state index is 14.7. The Bertz CT molecular complexity index is 1940. The summed E-state index contributed by atoms with van der Waals surface area (Å²) >= 11 is 12.0. The molecule has 5 rings (SSSR count). The van der Waals surface area contributed by atoms with Crippen LogP contribution >= 0.6 is 23.8 Å². The molecule has 0 saturated heterocycles. The van der Waals surface area contributed by atoms with E-state index in [1.807, 2.05) is 27.7 Å². The van der Waals surface area contributed by atoms with Gasteiger partial charge in [-0.1, -0.05) is 82.6 Å². The fraction of sp³-hybridized carbons (Fsp3) is 0.410. The van der Waals surface area contributed by atoms with Gasteiger partial charge in [0.25, 0.3) is 0 Å². The first-order valence-electron chi connectivity index (χ1n) is 17.7. The third-order valence-corrected chi connectivity index (χ3v) is 10.8. The van der Waals surface area contributed by atoms with Crippen LogP contribution < -0.4 is 21.3 Å². The van der Waals surface area contributed by atoms with Crippen LogP contribution in [0.5, 0.6) is 0 Å². The van der Waals surface area contributed by atoms with Crippen LogP contribution in [0.4, 0.5) is 8.78 Å². The summed E-state index contributed by atoms with van der Waals surface area (Å²) in [5.74, 6) is -2.79. The zero-order chi connectivity index (χ0) is 37.6. The Morgan fingerprint density at radius 3 is 2.33 bits per heavy atom. The molecule has 0 radical (unpaired) electrons. The number of fused-ring (bicyclic) bond motifs is 3. The predicted molar refractivity (Wildman–Crippen MR) is 203 cm³/mol. The maximum atomic E-state index is 14.7. The summed E-state index contributed by atoms with van der Waals surface area (Å²) in [6.07, 6.45) is 5.09. The minimum Gasteiger partial charge on any atom is -0.368 e. The molecule has 0 bridgehead atoms. The predicted octanol–water partition coefficient (Wildman–Crippen LogP) is 6.26. The molecule has 9 nitrogen and oxygen atoms in total. The van der Waals surface area contributed by atoms with Gasteiger partial charge in [-0.25, -0.2) is 8.78 Å². The van der Waals surface area contributed by atoms with Crippen molar-refractivity contribution in [2.75, 3.05) is 0 Å². The summed E-state index contributed by atoms with van der Waals surface area (Å²) in [6.45, 7) is 7.89.